The second kappa shape index (κ2) is 9.42. The van der Waals surface area contributed by atoms with Crippen LogP contribution in [0.15, 0.2) is 4.99 Å². The first-order valence-electron chi connectivity index (χ1n) is 5.97. The Labute approximate surface area is 98.8 Å². The van der Waals surface area contributed by atoms with E-state index in [-0.39, 0.29) is 0 Å². The maximum absolute atomic E-state index is 5.39. The zero-order valence-corrected chi connectivity index (χ0v) is 10.9. The largest absolute Gasteiger partial charge is 0.382 e. The number of ether oxygens (including phenoxy) is 1. The molecule has 5 heteroatoms. The van der Waals surface area contributed by atoms with E-state index in [1.807, 2.05) is 6.92 Å². The molecule has 0 aliphatic heterocycles. The molecular weight excluding hydrogens is 204 g/mol. The summed E-state index contributed by atoms with van der Waals surface area (Å²) in [5.74, 6) is 6.58. The van der Waals surface area contributed by atoms with Crippen molar-refractivity contribution in [3.8, 4) is 0 Å². The fourth-order valence-electron chi connectivity index (χ4n) is 1.02. The average molecular weight is 230 g/mol. The second-order valence-corrected chi connectivity index (χ2v) is 4.10. The van der Waals surface area contributed by atoms with Crippen LogP contribution >= 0.6 is 0 Å². The van der Waals surface area contributed by atoms with E-state index in [0.717, 1.165) is 26.2 Å². The van der Waals surface area contributed by atoms with Crippen molar-refractivity contribution in [3.63, 3.8) is 0 Å². The Morgan fingerprint density at radius 1 is 1.38 bits per heavy atom. The molecule has 1 atom stereocenters. The van der Waals surface area contributed by atoms with E-state index in [1.165, 1.54) is 0 Å². The number of guanidine groups is 1. The minimum absolute atomic E-state index is 0.349. The Morgan fingerprint density at radius 2 is 2.06 bits per heavy atom. The third-order valence-electron chi connectivity index (χ3n) is 2.42. The Hall–Kier alpha value is -0.810. The highest BCUT2D eigenvalue weighted by Crippen LogP contribution is 1.98. The van der Waals surface area contributed by atoms with E-state index in [1.54, 1.807) is 0 Å². The molecule has 0 aliphatic carbocycles. The summed E-state index contributed by atoms with van der Waals surface area (Å²) >= 11 is 0. The van der Waals surface area contributed by atoms with Crippen molar-refractivity contribution in [1.29, 1.82) is 0 Å². The lowest BCUT2D eigenvalue weighted by Crippen LogP contribution is -2.47. The van der Waals surface area contributed by atoms with E-state index in [4.69, 9.17) is 10.6 Å². The first kappa shape index (κ1) is 15.2. The highest BCUT2D eigenvalue weighted by molar-refractivity contribution is 5.79. The number of rotatable bonds is 7. The molecule has 0 amide bonds. The van der Waals surface area contributed by atoms with Gasteiger partial charge in [-0.05, 0) is 26.2 Å². The summed E-state index contributed by atoms with van der Waals surface area (Å²) in [6, 6.07) is 0.349. The van der Waals surface area contributed by atoms with Gasteiger partial charge in [0.25, 0.3) is 0 Å². The second-order valence-electron chi connectivity index (χ2n) is 4.10. The van der Waals surface area contributed by atoms with Crippen molar-refractivity contribution in [2.75, 3.05) is 19.8 Å². The molecule has 4 N–H and O–H groups in total. The summed E-state index contributed by atoms with van der Waals surface area (Å²) in [6.07, 6.45) is 0.913. The Kier molecular flexibility index (Phi) is 8.94. The summed E-state index contributed by atoms with van der Waals surface area (Å²) in [7, 11) is 0. The van der Waals surface area contributed by atoms with E-state index >= 15 is 0 Å². The van der Waals surface area contributed by atoms with Crippen LogP contribution in [0.25, 0.3) is 0 Å². The zero-order chi connectivity index (χ0) is 12.4. The highest BCUT2D eigenvalue weighted by Gasteiger charge is 2.07. The van der Waals surface area contributed by atoms with Crippen LogP contribution in [0.4, 0.5) is 0 Å². The van der Waals surface area contributed by atoms with E-state index in [0.29, 0.717) is 17.9 Å². The molecule has 96 valence electrons. The molecule has 16 heavy (non-hydrogen) atoms. The van der Waals surface area contributed by atoms with Gasteiger partial charge in [-0.2, -0.15) is 0 Å². The molecule has 0 aromatic heterocycles. The molecular formula is C11H26N4O. The van der Waals surface area contributed by atoms with Crippen LogP contribution in [0.5, 0.6) is 0 Å². The molecule has 0 heterocycles. The number of nitrogens with one attached hydrogen (secondary N) is 2. The number of hydrogen-bond donors (Lipinski definition) is 3. The van der Waals surface area contributed by atoms with Crippen molar-refractivity contribution < 1.29 is 4.74 Å². The topological polar surface area (TPSA) is 71.7 Å². The lowest BCUT2D eigenvalue weighted by atomic mass is 10.1. The third-order valence-corrected chi connectivity index (χ3v) is 2.42. The van der Waals surface area contributed by atoms with Gasteiger partial charge in [0, 0.05) is 25.8 Å². The maximum Gasteiger partial charge on any atom is 0.205 e. The monoisotopic (exact) mass is 230 g/mol. The van der Waals surface area contributed by atoms with Gasteiger partial charge in [0.15, 0.2) is 0 Å². The first-order valence-corrected chi connectivity index (χ1v) is 5.97. The molecule has 0 rings (SSSR count). The molecule has 0 aromatic rings. The van der Waals surface area contributed by atoms with Crippen molar-refractivity contribution in [2.24, 2.45) is 16.8 Å². The van der Waals surface area contributed by atoms with Gasteiger partial charge in [-0.1, -0.05) is 13.8 Å². The number of nitrogens with zero attached hydrogens (tertiary/aromatic N) is 1. The zero-order valence-electron chi connectivity index (χ0n) is 10.9. The first-order chi connectivity index (χ1) is 7.61. The van der Waals surface area contributed by atoms with E-state index in [2.05, 4.69) is 36.5 Å². The van der Waals surface area contributed by atoms with Crippen LogP contribution in [-0.4, -0.2) is 31.8 Å². The van der Waals surface area contributed by atoms with E-state index in [9.17, 15) is 0 Å². The van der Waals surface area contributed by atoms with Crippen LogP contribution in [0, 0.1) is 5.92 Å². The molecule has 0 spiro atoms. The Bertz CT molecular complexity index is 194. The van der Waals surface area contributed by atoms with Crippen molar-refractivity contribution in [2.45, 2.75) is 40.2 Å². The number of aliphatic imine (C=N–C) groups is 1. The van der Waals surface area contributed by atoms with Gasteiger partial charge in [0.05, 0.1) is 0 Å². The normalized spacial score (nSPS) is 14.0. The summed E-state index contributed by atoms with van der Waals surface area (Å²) in [6.45, 7) is 10.6. The molecule has 1 unspecified atom stereocenters. The van der Waals surface area contributed by atoms with Crippen molar-refractivity contribution >= 4 is 5.96 Å². The summed E-state index contributed by atoms with van der Waals surface area (Å²) in [4.78, 5) is 4.33. The summed E-state index contributed by atoms with van der Waals surface area (Å²) in [5.41, 5.74) is 2.58. The fraction of sp³-hybridized carbons (Fsp3) is 0.909. The number of nitrogens with two attached hydrogens (primary N) is 1. The van der Waals surface area contributed by atoms with Crippen LogP contribution in [0.3, 0.4) is 0 Å². The molecule has 0 saturated heterocycles. The minimum atomic E-state index is 0.349. The van der Waals surface area contributed by atoms with Gasteiger partial charge < -0.3 is 10.1 Å². The van der Waals surface area contributed by atoms with Crippen LogP contribution in [0.1, 0.15) is 34.1 Å². The highest BCUT2D eigenvalue weighted by atomic mass is 16.5. The molecule has 0 fully saturated rings. The molecule has 5 nitrogen and oxygen atoms in total. The van der Waals surface area contributed by atoms with Crippen molar-refractivity contribution in [1.82, 2.24) is 10.7 Å². The third kappa shape index (κ3) is 7.48. The van der Waals surface area contributed by atoms with Crippen LogP contribution in [0.2, 0.25) is 0 Å². The SMILES string of the molecule is CCOCCCN=C(NN)NC(C)C(C)C. The van der Waals surface area contributed by atoms with Gasteiger partial charge in [-0.15, -0.1) is 0 Å². The molecule has 0 radical (unpaired) electrons. The number of hydrogen-bond acceptors (Lipinski definition) is 3. The summed E-state index contributed by atoms with van der Waals surface area (Å²) in [5, 5.41) is 3.23. The molecule has 0 aromatic carbocycles. The predicted octanol–water partition coefficient (Wildman–Crippen LogP) is 0.866. The average Bonchev–Trinajstić information content (AvgIpc) is 2.26. The quantitative estimate of drug-likeness (QED) is 0.199. The van der Waals surface area contributed by atoms with Gasteiger partial charge >= 0.3 is 0 Å². The molecule has 0 aliphatic rings. The van der Waals surface area contributed by atoms with E-state index < -0.39 is 0 Å². The smallest absolute Gasteiger partial charge is 0.205 e. The fourth-order valence-corrected chi connectivity index (χ4v) is 1.02. The van der Waals surface area contributed by atoms with Gasteiger partial charge in [0.2, 0.25) is 5.96 Å². The van der Waals surface area contributed by atoms with Crippen LogP contribution in [-0.2, 0) is 4.74 Å². The summed E-state index contributed by atoms with van der Waals surface area (Å²) < 4.78 is 5.23. The minimum Gasteiger partial charge on any atom is -0.382 e. The lowest BCUT2D eigenvalue weighted by molar-refractivity contribution is 0.146. The predicted molar refractivity (Wildman–Crippen MR) is 68.2 cm³/mol. The van der Waals surface area contributed by atoms with Gasteiger partial charge in [-0.25, -0.2) is 5.84 Å². The number of hydrazine groups is 1. The molecule has 0 bridgehead atoms. The Balaban J connectivity index is 3.83. The standard InChI is InChI=1S/C11H26N4O/c1-5-16-8-6-7-13-11(15-12)14-10(4)9(2)3/h9-10H,5-8,12H2,1-4H3,(H2,13,14,15). The van der Waals surface area contributed by atoms with Gasteiger partial charge in [-0.3, -0.25) is 10.4 Å². The Morgan fingerprint density at radius 3 is 2.56 bits per heavy atom. The molecule has 0 saturated carbocycles. The van der Waals surface area contributed by atoms with Crippen molar-refractivity contribution in [3.05, 3.63) is 0 Å². The van der Waals surface area contributed by atoms with Crippen LogP contribution < -0.4 is 16.6 Å². The van der Waals surface area contributed by atoms with Gasteiger partial charge in [0.1, 0.15) is 0 Å². The maximum atomic E-state index is 5.39. The lowest BCUT2D eigenvalue weighted by Gasteiger charge is -2.19.